The first-order valence-corrected chi connectivity index (χ1v) is 9.71. The Kier molecular flexibility index (Phi) is 5.25. The van der Waals surface area contributed by atoms with Crippen LogP contribution in [0.25, 0.3) is 6.08 Å². The third-order valence-electron chi connectivity index (χ3n) is 5.31. The predicted molar refractivity (Wildman–Crippen MR) is 109 cm³/mol. The van der Waals surface area contributed by atoms with Crippen molar-refractivity contribution in [3.63, 3.8) is 0 Å². The van der Waals surface area contributed by atoms with Crippen LogP contribution in [0.2, 0.25) is 0 Å². The molecule has 0 spiro atoms. The van der Waals surface area contributed by atoms with Gasteiger partial charge in [-0.1, -0.05) is 36.4 Å². The lowest BCUT2D eigenvalue weighted by Gasteiger charge is -2.34. The summed E-state index contributed by atoms with van der Waals surface area (Å²) in [6.07, 6.45) is 3.65. The number of rotatable bonds is 4. The van der Waals surface area contributed by atoms with E-state index in [1.807, 2.05) is 54.6 Å². The summed E-state index contributed by atoms with van der Waals surface area (Å²) in [6, 6.07) is 15.1. The van der Waals surface area contributed by atoms with Gasteiger partial charge >= 0.3 is 0 Å². The summed E-state index contributed by atoms with van der Waals surface area (Å²) in [5, 5.41) is 0. The molecule has 2 aromatic rings. The van der Waals surface area contributed by atoms with Gasteiger partial charge in [0, 0.05) is 20.2 Å². The van der Waals surface area contributed by atoms with Crippen LogP contribution < -0.4 is 9.47 Å². The molecule has 2 aromatic carbocycles. The molecule has 0 aromatic heterocycles. The summed E-state index contributed by atoms with van der Waals surface area (Å²) in [7, 11) is 1.76. The van der Waals surface area contributed by atoms with Gasteiger partial charge in [-0.3, -0.25) is 9.59 Å². The summed E-state index contributed by atoms with van der Waals surface area (Å²) in [5.41, 5.74) is 2.02. The van der Waals surface area contributed by atoms with Crippen molar-refractivity contribution in [3.05, 3.63) is 65.9 Å². The molecule has 2 amide bonds. The summed E-state index contributed by atoms with van der Waals surface area (Å²) >= 11 is 0. The second-order valence-corrected chi connectivity index (χ2v) is 7.36. The Bertz CT molecular complexity index is 955. The van der Waals surface area contributed by atoms with Crippen LogP contribution in [-0.2, 0) is 9.59 Å². The van der Waals surface area contributed by atoms with Gasteiger partial charge in [-0.15, -0.1) is 0 Å². The smallest absolute Gasteiger partial charge is 0.224 e. The molecular weight excluding hydrogens is 368 g/mol. The lowest BCUT2D eigenvalue weighted by Crippen LogP contribution is -2.43. The molecule has 4 rings (SSSR count). The van der Waals surface area contributed by atoms with E-state index >= 15 is 0 Å². The highest BCUT2D eigenvalue weighted by atomic mass is 16.6. The predicted octanol–water partition coefficient (Wildman–Crippen LogP) is 3.25. The average molecular weight is 392 g/mol. The number of carbonyl (C=O) groups is 2. The van der Waals surface area contributed by atoms with Gasteiger partial charge in [0.05, 0.1) is 19.0 Å². The van der Waals surface area contributed by atoms with Crippen LogP contribution >= 0.6 is 0 Å². The molecule has 0 saturated heterocycles. The van der Waals surface area contributed by atoms with E-state index in [0.717, 1.165) is 16.9 Å². The van der Waals surface area contributed by atoms with E-state index in [9.17, 15) is 9.59 Å². The van der Waals surface area contributed by atoms with Crippen LogP contribution in [-0.4, -0.2) is 47.9 Å². The number of para-hydroxylation sites is 2. The first kappa shape index (κ1) is 19.1. The van der Waals surface area contributed by atoms with E-state index in [1.54, 1.807) is 23.0 Å². The normalized spacial score (nSPS) is 19.4. The van der Waals surface area contributed by atoms with Gasteiger partial charge in [0.25, 0.3) is 0 Å². The Balaban J connectivity index is 1.44. The maximum atomic E-state index is 13.0. The molecule has 6 nitrogen and oxygen atoms in total. The van der Waals surface area contributed by atoms with Crippen molar-refractivity contribution in [2.45, 2.75) is 25.5 Å². The van der Waals surface area contributed by atoms with Gasteiger partial charge < -0.3 is 19.3 Å². The second-order valence-electron chi connectivity index (χ2n) is 7.36. The molecule has 2 heterocycles. The maximum Gasteiger partial charge on any atom is 0.224 e. The monoisotopic (exact) mass is 392 g/mol. The molecule has 0 aliphatic carbocycles. The minimum Gasteiger partial charge on any atom is -0.486 e. The number of fused-ring (bicyclic) bond motifs is 2. The van der Waals surface area contributed by atoms with Gasteiger partial charge in [0.2, 0.25) is 11.8 Å². The minimum atomic E-state index is -0.312. The Hall–Kier alpha value is -3.28. The number of hydrogen-bond donors (Lipinski definition) is 0. The van der Waals surface area contributed by atoms with Gasteiger partial charge in [0.15, 0.2) is 17.6 Å². The molecule has 2 aliphatic rings. The van der Waals surface area contributed by atoms with Crippen LogP contribution in [0.15, 0.2) is 54.7 Å². The molecule has 0 unspecified atom stereocenters. The summed E-state index contributed by atoms with van der Waals surface area (Å²) < 4.78 is 11.7. The topological polar surface area (TPSA) is 59.1 Å². The van der Waals surface area contributed by atoms with Crippen LogP contribution in [0, 0.1) is 0 Å². The minimum absolute atomic E-state index is 0.0474. The zero-order valence-corrected chi connectivity index (χ0v) is 16.6. The highest BCUT2D eigenvalue weighted by molar-refractivity contribution is 5.81. The fraction of sp³-hybridized carbons (Fsp3) is 0.304. The highest BCUT2D eigenvalue weighted by Crippen LogP contribution is 2.34. The molecule has 2 atom stereocenters. The van der Waals surface area contributed by atoms with Crippen molar-refractivity contribution in [3.8, 4) is 11.5 Å². The zero-order valence-electron chi connectivity index (χ0n) is 16.6. The summed E-state index contributed by atoms with van der Waals surface area (Å²) in [6.45, 7) is 2.32. The second kappa shape index (κ2) is 7.99. The molecule has 2 aliphatic heterocycles. The van der Waals surface area contributed by atoms with Crippen molar-refractivity contribution < 1.29 is 19.1 Å². The number of hydrogen-bond acceptors (Lipinski definition) is 4. The average Bonchev–Trinajstić information content (AvgIpc) is 2.73. The van der Waals surface area contributed by atoms with Crippen molar-refractivity contribution in [2.75, 3.05) is 20.2 Å². The third-order valence-corrected chi connectivity index (χ3v) is 5.31. The van der Waals surface area contributed by atoms with Crippen LogP contribution in [0.5, 0.6) is 11.5 Å². The number of likely N-dealkylation sites (N-methyl/N-ethyl adjacent to an activating group) is 1. The van der Waals surface area contributed by atoms with Crippen molar-refractivity contribution >= 4 is 17.9 Å². The molecular formula is C23H24N2O4. The van der Waals surface area contributed by atoms with E-state index in [1.165, 1.54) is 6.92 Å². The number of benzene rings is 2. The molecule has 0 bridgehead atoms. The van der Waals surface area contributed by atoms with E-state index in [-0.39, 0.29) is 30.4 Å². The molecule has 0 saturated carbocycles. The zero-order chi connectivity index (χ0) is 20.4. The standard InChI is InChI=1S/C23H24N2O4/c1-16(26)25-12-11-17-7-3-4-8-19(17)20(25)13-23(27)24(2)14-18-15-28-21-9-5-6-10-22(21)29-18/h3-12,18,20H,13-15H2,1-2H3/t18-,20+/m1/s1. The fourth-order valence-electron chi connectivity index (χ4n) is 3.79. The Labute approximate surface area is 170 Å². The fourth-order valence-corrected chi connectivity index (χ4v) is 3.79. The van der Waals surface area contributed by atoms with Gasteiger partial charge in [0.1, 0.15) is 6.61 Å². The largest absolute Gasteiger partial charge is 0.486 e. The quantitative estimate of drug-likeness (QED) is 0.802. The number of ether oxygens (including phenoxy) is 2. The number of nitrogens with zero attached hydrogens (tertiary/aromatic N) is 2. The van der Waals surface area contributed by atoms with E-state index in [4.69, 9.17) is 9.47 Å². The van der Waals surface area contributed by atoms with Crippen LogP contribution in [0.3, 0.4) is 0 Å². The van der Waals surface area contributed by atoms with Crippen LogP contribution in [0.4, 0.5) is 0 Å². The summed E-state index contributed by atoms with van der Waals surface area (Å²) in [5.74, 6) is 1.28. The van der Waals surface area contributed by atoms with E-state index in [0.29, 0.717) is 18.9 Å². The molecule has 29 heavy (non-hydrogen) atoms. The highest BCUT2D eigenvalue weighted by Gasteiger charge is 2.30. The Morgan fingerprint density at radius 2 is 1.83 bits per heavy atom. The number of amides is 2. The van der Waals surface area contributed by atoms with Crippen molar-refractivity contribution in [2.24, 2.45) is 0 Å². The lowest BCUT2D eigenvalue weighted by atomic mass is 9.93. The molecule has 150 valence electrons. The van der Waals surface area contributed by atoms with E-state index < -0.39 is 0 Å². The number of carbonyl (C=O) groups excluding carboxylic acids is 2. The molecule has 0 radical (unpaired) electrons. The Morgan fingerprint density at radius 3 is 2.62 bits per heavy atom. The molecule has 0 N–H and O–H groups in total. The van der Waals surface area contributed by atoms with Crippen molar-refractivity contribution in [1.29, 1.82) is 0 Å². The first-order chi connectivity index (χ1) is 14.0. The Morgan fingerprint density at radius 1 is 1.10 bits per heavy atom. The van der Waals surface area contributed by atoms with Gasteiger partial charge in [-0.25, -0.2) is 0 Å². The SMILES string of the molecule is CC(=O)N1C=Cc2ccccc2[C@@H]1CC(=O)N(C)C[C@@H]1COc2ccccc2O1. The maximum absolute atomic E-state index is 13.0. The van der Waals surface area contributed by atoms with E-state index in [2.05, 4.69) is 0 Å². The first-order valence-electron chi connectivity index (χ1n) is 9.71. The van der Waals surface area contributed by atoms with Crippen LogP contribution in [0.1, 0.15) is 30.5 Å². The van der Waals surface area contributed by atoms with Gasteiger partial charge in [-0.2, -0.15) is 0 Å². The third kappa shape index (κ3) is 3.97. The summed E-state index contributed by atoms with van der Waals surface area (Å²) in [4.78, 5) is 28.4. The van der Waals surface area contributed by atoms with Gasteiger partial charge in [-0.05, 0) is 29.3 Å². The lowest BCUT2D eigenvalue weighted by molar-refractivity contribution is -0.134. The molecule has 0 fully saturated rings. The van der Waals surface area contributed by atoms with Crippen molar-refractivity contribution in [1.82, 2.24) is 9.80 Å². The molecule has 6 heteroatoms.